The smallest absolute Gasteiger partial charge is 0.308 e. The summed E-state index contributed by atoms with van der Waals surface area (Å²) in [5, 5.41) is 127. The SMILES string of the molecule is COc1cc(-c2cc(=O)c3c(O)c([C@@H]4O[C@H](CO)[C@@H](O)[C@H](O)[C@H]4O)c(O)c([C@@H]4O[C@H](COC(=O)CC(C)(O)CC(=O)O)[C@@H](O)[C@H](O)[C@H]4O)c3o2)ccc1O. The topological polar surface area (TPSA) is 344 Å². The van der Waals surface area contributed by atoms with E-state index in [4.69, 9.17) is 28.5 Å². The number of carbonyl (C=O) groups is 2. The Morgan fingerprint density at radius 1 is 0.815 bits per heavy atom. The van der Waals surface area contributed by atoms with E-state index in [1.807, 2.05) is 0 Å². The van der Waals surface area contributed by atoms with Crippen molar-refractivity contribution in [3.05, 3.63) is 45.6 Å². The second-order valence-electron chi connectivity index (χ2n) is 13.3. The maximum Gasteiger partial charge on any atom is 0.308 e. The number of aliphatic hydroxyl groups is 8. The van der Waals surface area contributed by atoms with E-state index in [9.17, 15) is 70.6 Å². The van der Waals surface area contributed by atoms with Gasteiger partial charge in [-0.2, -0.15) is 0 Å². The number of methoxy groups -OCH3 is 1. The van der Waals surface area contributed by atoms with Crippen LogP contribution >= 0.6 is 0 Å². The van der Waals surface area contributed by atoms with E-state index >= 15 is 0 Å². The van der Waals surface area contributed by atoms with E-state index in [1.54, 1.807) is 0 Å². The zero-order valence-corrected chi connectivity index (χ0v) is 28.5. The number of rotatable bonds is 11. The predicted octanol–water partition coefficient (Wildman–Crippen LogP) is -2.22. The molecule has 2 aromatic carbocycles. The maximum absolute atomic E-state index is 13.8. The van der Waals surface area contributed by atoms with E-state index < -0.39 is 144 Å². The van der Waals surface area contributed by atoms with Crippen LogP contribution in [0.5, 0.6) is 23.0 Å². The Balaban J connectivity index is 1.68. The molecule has 0 saturated carbocycles. The standard InChI is InChI=1S/C34H40O20/c1-34(49,7-18(38)39)8-19(40)51-10-17-24(42)28(46)30(48)33(54-17)22-26(44)21(32-29(47)27(45)23(41)16(9-35)53-32)25(43)20-13(37)6-14(52-31(20)22)11-3-4-12(36)15(5-11)50-2/h3-6,16-17,23-24,27-30,32-33,35-36,41-49H,7-10H2,1-2H3,(H,38,39)/t16-,17-,23-,24-,27+,28+,29-,30-,32+,33+,34?/m1/s1. The maximum atomic E-state index is 13.8. The average Bonchev–Trinajstić information content (AvgIpc) is 3.10. The van der Waals surface area contributed by atoms with Crippen LogP contribution in [0.4, 0.5) is 0 Å². The minimum Gasteiger partial charge on any atom is -0.507 e. The fraction of sp³-hybridized carbons (Fsp3) is 0.500. The summed E-state index contributed by atoms with van der Waals surface area (Å²) in [6.45, 7) is -0.750. The molecular formula is C34H40O20. The first-order valence-electron chi connectivity index (χ1n) is 16.3. The monoisotopic (exact) mass is 768 g/mol. The summed E-state index contributed by atoms with van der Waals surface area (Å²) >= 11 is 0. The molecule has 11 atom stereocenters. The number of hydrogen-bond acceptors (Lipinski definition) is 19. The van der Waals surface area contributed by atoms with Crippen molar-refractivity contribution in [2.75, 3.05) is 20.3 Å². The number of esters is 1. The molecule has 20 heteroatoms. The third kappa shape index (κ3) is 7.66. The van der Waals surface area contributed by atoms with E-state index in [1.165, 1.54) is 25.3 Å². The number of carboxylic acid groups (broad SMARTS) is 1. The Bertz CT molecular complexity index is 1940. The zero-order chi connectivity index (χ0) is 40.0. The van der Waals surface area contributed by atoms with Gasteiger partial charge in [-0.1, -0.05) is 0 Å². The Labute approximate surface area is 303 Å². The number of carbonyl (C=O) groups excluding carboxylic acids is 1. The summed E-state index contributed by atoms with van der Waals surface area (Å²) in [6.07, 6.45) is -21.4. The lowest BCUT2D eigenvalue weighted by Crippen LogP contribution is -2.56. The molecule has 20 nitrogen and oxygen atoms in total. The fourth-order valence-electron chi connectivity index (χ4n) is 6.51. The molecule has 54 heavy (non-hydrogen) atoms. The van der Waals surface area contributed by atoms with Gasteiger partial charge in [-0.15, -0.1) is 0 Å². The van der Waals surface area contributed by atoms with Crippen LogP contribution in [0.2, 0.25) is 0 Å². The van der Waals surface area contributed by atoms with E-state index in [-0.39, 0.29) is 22.8 Å². The first-order valence-corrected chi connectivity index (χ1v) is 16.3. The summed E-state index contributed by atoms with van der Waals surface area (Å²) in [4.78, 5) is 37.4. The Morgan fingerprint density at radius 3 is 2.00 bits per heavy atom. The highest BCUT2D eigenvalue weighted by Crippen LogP contribution is 2.51. The number of benzene rings is 2. The van der Waals surface area contributed by atoms with Crippen molar-refractivity contribution < 1.29 is 94.2 Å². The van der Waals surface area contributed by atoms with Crippen LogP contribution in [0.3, 0.4) is 0 Å². The van der Waals surface area contributed by atoms with Gasteiger partial charge in [-0.05, 0) is 25.1 Å². The number of aromatic hydroxyl groups is 3. The van der Waals surface area contributed by atoms with Crippen LogP contribution in [0, 0.1) is 0 Å². The van der Waals surface area contributed by atoms with Crippen LogP contribution in [0.25, 0.3) is 22.3 Å². The number of phenolic OH excluding ortho intramolecular Hbond substituents is 3. The van der Waals surface area contributed by atoms with E-state index in [0.29, 0.717) is 0 Å². The minimum atomic E-state index is -2.19. The van der Waals surface area contributed by atoms with Crippen molar-refractivity contribution in [3.8, 4) is 34.3 Å². The highest BCUT2D eigenvalue weighted by molar-refractivity contribution is 5.92. The average molecular weight is 769 g/mol. The van der Waals surface area contributed by atoms with E-state index in [0.717, 1.165) is 13.0 Å². The van der Waals surface area contributed by atoms with Crippen molar-refractivity contribution in [1.29, 1.82) is 0 Å². The van der Waals surface area contributed by atoms with Gasteiger partial charge in [0.1, 0.15) is 90.3 Å². The summed E-state index contributed by atoms with van der Waals surface area (Å²) in [5.41, 5.74) is -5.18. The van der Waals surface area contributed by atoms with Gasteiger partial charge in [0, 0.05) is 11.6 Å². The van der Waals surface area contributed by atoms with E-state index in [2.05, 4.69) is 0 Å². The molecule has 12 N–H and O–H groups in total. The number of aliphatic carboxylic acids is 1. The Morgan fingerprint density at radius 2 is 1.41 bits per heavy atom. The molecule has 0 spiro atoms. The van der Waals surface area contributed by atoms with Gasteiger partial charge in [-0.25, -0.2) is 0 Å². The van der Waals surface area contributed by atoms with Gasteiger partial charge in [0.15, 0.2) is 22.5 Å². The van der Waals surface area contributed by atoms with Crippen molar-refractivity contribution >= 4 is 22.9 Å². The molecule has 2 fully saturated rings. The van der Waals surface area contributed by atoms with Gasteiger partial charge in [0.25, 0.3) is 0 Å². The first kappa shape index (κ1) is 40.6. The van der Waals surface area contributed by atoms with Crippen molar-refractivity contribution in [2.24, 2.45) is 0 Å². The Hall–Kier alpha value is -4.61. The highest BCUT2D eigenvalue weighted by atomic mass is 16.6. The van der Waals surface area contributed by atoms with Crippen molar-refractivity contribution in [2.45, 2.75) is 86.4 Å². The summed E-state index contributed by atoms with van der Waals surface area (Å²) in [7, 11) is 1.25. The highest BCUT2D eigenvalue weighted by Gasteiger charge is 2.50. The van der Waals surface area contributed by atoms with Crippen LogP contribution in [0.1, 0.15) is 43.1 Å². The molecule has 3 aromatic rings. The summed E-state index contributed by atoms with van der Waals surface area (Å²) < 4.78 is 27.6. The fourth-order valence-corrected chi connectivity index (χ4v) is 6.51. The lowest BCUT2D eigenvalue weighted by molar-refractivity contribution is -0.235. The van der Waals surface area contributed by atoms with Crippen molar-refractivity contribution in [1.82, 2.24) is 0 Å². The normalized spacial score (nSPS) is 29.7. The van der Waals surface area contributed by atoms with Gasteiger partial charge in [0.05, 0.1) is 43.3 Å². The van der Waals surface area contributed by atoms with Crippen LogP contribution in [-0.4, -0.2) is 148 Å². The van der Waals surface area contributed by atoms with Gasteiger partial charge in [0.2, 0.25) is 0 Å². The largest absolute Gasteiger partial charge is 0.507 e. The molecule has 1 aromatic heterocycles. The number of carboxylic acids is 1. The molecule has 0 amide bonds. The molecule has 3 heterocycles. The lowest BCUT2D eigenvalue weighted by atomic mass is 9.85. The molecule has 0 aliphatic carbocycles. The molecule has 2 aliphatic heterocycles. The van der Waals surface area contributed by atoms with Gasteiger partial charge >= 0.3 is 11.9 Å². The number of ether oxygens (including phenoxy) is 4. The quantitative estimate of drug-likeness (QED) is 0.0919. The minimum absolute atomic E-state index is 0.0517. The Kier molecular flexibility index (Phi) is 11.7. The predicted molar refractivity (Wildman–Crippen MR) is 176 cm³/mol. The second-order valence-corrected chi connectivity index (χ2v) is 13.3. The molecule has 5 rings (SSSR count). The number of fused-ring (bicyclic) bond motifs is 1. The van der Waals surface area contributed by atoms with Crippen LogP contribution < -0.4 is 10.2 Å². The zero-order valence-electron chi connectivity index (χ0n) is 28.5. The van der Waals surface area contributed by atoms with Crippen molar-refractivity contribution in [3.63, 3.8) is 0 Å². The van der Waals surface area contributed by atoms with Crippen LogP contribution in [-0.2, 0) is 23.8 Å². The molecule has 0 bridgehead atoms. The molecule has 1 unspecified atom stereocenters. The molecule has 296 valence electrons. The lowest BCUT2D eigenvalue weighted by Gasteiger charge is -2.42. The number of aliphatic hydroxyl groups excluding tert-OH is 7. The summed E-state index contributed by atoms with van der Waals surface area (Å²) in [5.74, 6) is -5.38. The molecule has 0 radical (unpaired) electrons. The van der Waals surface area contributed by atoms with Gasteiger partial charge in [-0.3, -0.25) is 14.4 Å². The molecule has 2 aliphatic rings. The number of hydrogen-bond donors (Lipinski definition) is 12. The summed E-state index contributed by atoms with van der Waals surface area (Å²) in [6, 6.07) is 4.68. The third-order valence-corrected chi connectivity index (χ3v) is 9.30. The third-order valence-electron chi connectivity index (χ3n) is 9.30. The number of phenols is 3. The van der Waals surface area contributed by atoms with Crippen LogP contribution in [0.15, 0.2) is 33.5 Å². The molecular weight excluding hydrogens is 728 g/mol. The first-order chi connectivity index (χ1) is 25.3. The molecule has 2 saturated heterocycles. The van der Waals surface area contributed by atoms with Gasteiger partial charge < -0.3 is 84.6 Å². The second kappa shape index (κ2) is 15.6.